The molecule has 0 spiro atoms. The summed E-state index contributed by atoms with van der Waals surface area (Å²) in [5, 5.41) is 19.0. The van der Waals surface area contributed by atoms with Crippen molar-refractivity contribution in [2.45, 2.75) is 24.9 Å². The van der Waals surface area contributed by atoms with E-state index in [0.717, 1.165) is 0 Å². The zero-order chi connectivity index (χ0) is 13.6. The van der Waals surface area contributed by atoms with E-state index in [0.29, 0.717) is 17.6 Å². The molecule has 3 rings (SSSR count). The molecular formula is C10H10Cl2N4O3. The summed E-state index contributed by atoms with van der Waals surface area (Å²) in [4.78, 5) is 12.0. The van der Waals surface area contributed by atoms with Crippen LogP contribution in [0.25, 0.3) is 11.2 Å². The Morgan fingerprint density at radius 1 is 1.42 bits per heavy atom. The van der Waals surface area contributed by atoms with Gasteiger partial charge in [-0.25, -0.2) is 9.97 Å². The number of fused-ring (bicyclic) bond motifs is 1. The highest BCUT2D eigenvalue weighted by molar-refractivity contribution is 6.35. The van der Waals surface area contributed by atoms with Gasteiger partial charge >= 0.3 is 0 Å². The van der Waals surface area contributed by atoms with Crippen LogP contribution in [-0.4, -0.2) is 48.5 Å². The summed E-state index contributed by atoms with van der Waals surface area (Å²) in [5.41, 5.74) is 0.845. The number of imidazole rings is 1. The molecule has 0 saturated carbocycles. The molecule has 9 heteroatoms. The van der Waals surface area contributed by atoms with Crippen LogP contribution in [0.4, 0.5) is 0 Å². The molecule has 0 unspecified atom stereocenters. The van der Waals surface area contributed by atoms with Gasteiger partial charge in [0, 0.05) is 6.42 Å². The monoisotopic (exact) mass is 304 g/mol. The van der Waals surface area contributed by atoms with E-state index in [2.05, 4.69) is 15.0 Å². The van der Waals surface area contributed by atoms with Gasteiger partial charge in [0.25, 0.3) is 0 Å². The molecule has 7 nitrogen and oxygen atoms in total. The number of hydrogen-bond donors (Lipinski definition) is 2. The van der Waals surface area contributed by atoms with Crippen molar-refractivity contribution in [3.63, 3.8) is 0 Å². The molecule has 1 saturated heterocycles. The molecule has 3 heterocycles. The molecule has 102 valence electrons. The minimum atomic E-state index is -0.736. The first-order valence-electron chi connectivity index (χ1n) is 5.60. The second-order valence-corrected chi connectivity index (χ2v) is 4.92. The quantitative estimate of drug-likeness (QED) is 0.629. The number of aromatic nitrogens is 4. The second-order valence-electron chi connectivity index (χ2n) is 4.22. The Kier molecular flexibility index (Phi) is 3.32. The maximum atomic E-state index is 9.74. The Morgan fingerprint density at radius 3 is 2.89 bits per heavy atom. The number of aliphatic hydroxyl groups excluding tert-OH is 2. The van der Waals surface area contributed by atoms with Crippen LogP contribution in [0.5, 0.6) is 0 Å². The van der Waals surface area contributed by atoms with E-state index in [4.69, 9.17) is 33.0 Å². The van der Waals surface area contributed by atoms with Crippen LogP contribution in [0.1, 0.15) is 12.6 Å². The van der Waals surface area contributed by atoms with Crippen molar-refractivity contribution in [1.82, 2.24) is 19.5 Å². The van der Waals surface area contributed by atoms with Gasteiger partial charge < -0.3 is 14.9 Å². The van der Waals surface area contributed by atoms with Gasteiger partial charge in [-0.2, -0.15) is 4.98 Å². The third-order valence-electron chi connectivity index (χ3n) is 3.05. The molecule has 0 aliphatic carbocycles. The minimum absolute atomic E-state index is 0.0107. The predicted octanol–water partition coefficient (Wildman–Crippen LogP) is 0.774. The summed E-state index contributed by atoms with van der Waals surface area (Å²) in [7, 11) is 0. The third kappa shape index (κ3) is 2.17. The topological polar surface area (TPSA) is 93.3 Å². The van der Waals surface area contributed by atoms with Crippen molar-refractivity contribution in [2.75, 3.05) is 6.61 Å². The third-order valence-corrected chi connectivity index (χ3v) is 3.48. The normalized spacial score (nSPS) is 27.3. The molecule has 0 radical (unpaired) electrons. The zero-order valence-electron chi connectivity index (χ0n) is 9.57. The van der Waals surface area contributed by atoms with Crippen LogP contribution in [-0.2, 0) is 4.74 Å². The van der Waals surface area contributed by atoms with E-state index in [9.17, 15) is 5.11 Å². The summed E-state index contributed by atoms with van der Waals surface area (Å²) in [6.45, 7) is -0.249. The molecule has 1 aliphatic rings. The number of rotatable bonds is 2. The molecule has 1 aliphatic heterocycles. The highest BCUT2D eigenvalue weighted by Gasteiger charge is 2.35. The average molecular weight is 305 g/mol. The molecular weight excluding hydrogens is 295 g/mol. The maximum Gasteiger partial charge on any atom is 0.225 e. The van der Waals surface area contributed by atoms with E-state index in [1.54, 1.807) is 4.57 Å². The summed E-state index contributed by atoms with van der Waals surface area (Å²) in [6, 6.07) is 0. The first-order chi connectivity index (χ1) is 9.10. The number of aliphatic hydroxyl groups is 2. The molecule has 0 aromatic carbocycles. The Morgan fingerprint density at radius 2 is 2.21 bits per heavy atom. The predicted molar refractivity (Wildman–Crippen MR) is 67.0 cm³/mol. The van der Waals surface area contributed by atoms with Gasteiger partial charge in [-0.1, -0.05) is 11.6 Å². The zero-order valence-corrected chi connectivity index (χ0v) is 11.1. The molecule has 0 amide bonds. The Balaban J connectivity index is 2.02. The second kappa shape index (κ2) is 4.84. The fourth-order valence-electron chi connectivity index (χ4n) is 2.12. The SMILES string of the molecule is OC[C@@H]1O[C@H](n2cnc3c(Cl)nc(Cl)nc32)C[C@@H]1O. The lowest BCUT2D eigenvalue weighted by molar-refractivity contribution is -0.0432. The van der Waals surface area contributed by atoms with Crippen LogP contribution in [0, 0.1) is 0 Å². The van der Waals surface area contributed by atoms with Crippen LogP contribution >= 0.6 is 23.2 Å². The first-order valence-corrected chi connectivity index (χ1v) is 6.35. The van der Waals surface area contributed by atoms with Crippen molar-refractivity contribution in [3.8, 4) is 0 Å². The van der Waals surface area contributed by atoms with Gasteiger partial charge in [0.15, 0.2) is 10.8 Å². The summed E-state index contributed by atoms with van der Waals surface area (Å²) in [5.74, 6) is 0. The van der Waals surface area contributed by atoms with Crippen LogP contribution in [0.3, 0.4) is 0 Å². The van der Waals surface area contributed by atoms with Crippen molar-refractivity contribution in [1.29, 1.82) is 0 Å². The van der Waals surface area contributed by atoms with Crippen LogP contribution in [0.15, 0.2) is 6.33 Å². The van der Waals surface area contributed by atoms with E-state index >= 15 is 0 Å². The van der Waals surface area contributed by atoms with Gasteiger partial charge in [0.2, 0.25) is 5.28 Å². The average Bonchev–Trinajstić information content (AvgIpc) is 2.92. The van der Waals surface area contributed by atoms with Crippen molar-refractivity contribution in [2.24, 2.45) is 0 Å². The van der Waals surface area contributed by atoms with Crippen LogP contribution < -0.4 is 0 Å². The lowest BCUT2D eigenvalue weighted by Crippen LogP contribution is -2.24. The Bertz CT molecular complexity index is 620. The van der Waals surface area contributed by atoms with E-state index in [-0.39, 0.29) is 17.0 Å². The fraction of sp³-hybridized carbons (Fsp3) is 0.500. The lowest BCUT2D eigenvalue weighted by Gasteiger charge is -2.13. The minimum Gasteiger partial charge on any atom is -0.394 e. The molecule has 3 atom stereocenters. The molecule has 19 heavy (non-hydrogen) atoms. The maximum absolute atomic E-state index is 9.74. The summed E-state index contributed by atoms with van der Waals surface area (Å²) < 4.78 is 7.15. The smallest absolute Gasteiger partial charge is 0.225 e. The van der Waals surface area contributed by atoms with Crippen molar-refractivity contribution < 1.29 is 14.9 Å². The highest BCUT2D eigenvalue weighted by atomic mass is 35.5. The largest absolute Gasteiger partial charge is 0.394 e. The number of nitrogens with zero attached hydrogens (tertiary/aromatic N) is 4. The van der Waals surface area contributed by atoms with Gasteiger partial charge in [-0.05, 0) is 11.6 Å². The Labute approximate surface area is 117 Å². The van der Waals surface area contributed by atoms with Crippen molar-refractivity contribution >= 4 is 34.4 Å². The van der Waals surface area contributed by atoms with Gasteiger partial charge in [-0.3, -0.25) is 4.57 Å². The van der Waals surface area contributed by atoms with Gasteiger partial charge in [0.1, 0.15) is 17.8 Å². The molecule has 2 aromatic rings. The van der Waals surface area contributed by atoms with E-state index in [1.165, 1.54) is 6.33 Å². The highest BCUT2D eigenvalue weighted by Crippen LogP contribution is 2.31. The van der Waals surface area contributed by atoms with E-state index < -0.39 is 18.4 Å². The standard InChI is InChI=1S/C10H10Cl2N4O3/c11-8-7-9(15-10(12)14-8)16(3-13-7)6-1-4(18)5(2-17)19-6/h3-6,17-18H,1-2H2/t4-,5-,6-/m0/s1. The summed E-state index contributed by atoms with van der Waals surface area (Å²) >= 11 is 11.7. The Hall–Kier alpha value is -0.990. The lowest BCUT2D eigenvalue weighted by atomic mass is 10.2. The molecule has 0 bridgehead atoms. The first kappa shape index (κ1) is 13.0. The molecule has 1 fully saturated rings. The van der Waals surface area contributed by atoms with Crippen LogP contribution in [0.2, 0.25) is 10.4 Å². The van der Waals surface area contributed by atoms with E-state index in [1.807, 2.05) is 0 Å². The molecule has 2 aromatic heterocycles. The summed E-state index contributed by atoms with van der Waals surface area (Å²) in [6.07, 6.45) is 0.00360. The van der Waals surface area contributed by atoms with Gasteiger partial charge in [0.05, 0.1) is 19.0 Å². The number of halogens is 2. The van der Waals surface area contributed by atoms with Gasteiger partial charge in [-0.15, -0.1) is 0 Å². The molecule has 2 N–H and O–H groups in total. The fourth-order valence-corrected chi connectivity index (χ4v) is 2.54. The number of ether oxygens (including phenoxy) is 1. The van der Waals surface area contributed by atoms with Crippen molar-refractivity contribution in [3.05, 3.63) is 16.8 Å². The number of hydrogen-bond acceptors (Lipinski definition) is 6.